The molecule has 1 aromatic rings. The van der Waals surface area contributed by atoms with Gasteiger partial charge in [0.05, 0.1) is 6.33 Å². The molecule has 0 spiro atoms. The fourth-order valence-corrected chi connectivity index (χ4v) is 2.19. The second kappa shape index (κ2) is 3.92. The maximum Gasteiger partial charge on any atom is 0.358 e. The molecule has 0 saturated heterocycles. The average molecular weight is 209 g/mol. The first kappa shape index (κ1) is 10.0. The van der Waals surface area contributed by atoms with Crippen LogP contribution in [0.3, 0.4) is 0 Å². The molecule has 1 fully saturated rings. The third-order valence-electron chi connectivity index (χ3n) is 3.00. The second-order valence-corrected chi connectivity index (χ2v) is 3.98. The monoisotopic (exact) mass is 209 g/mol. The predicted octanol–water partition coefficient (Wildman–Crippen LogP) is 1.67. The van der Waals surface area contributed by atoms with Crippen molar-refractivity contribution in [3.63, 3.8) is 0 Å². The Morgan fingerprint density at radius 2 is 2.13 bits per heavy atom. The number of anilines is 1. The molecule has 0 radical (unpaired) electrons. The van der Waals surface area contributed by atoms with E-state index >= 15 is 0 Å². The zero-order valence-corrected chi connectivity index (χ0v) is 8.52. The number of imidazole rings is 1. The second-order valence-electron chi connectivity index (χ2n) is 3.98. The smallest absolute Gasteiger partial charge is 0.358 e. The van der Waals surface area contributed by atoms with Crippen LogP contribution in [0.15, 0.2) is 6.33 Å². The maximum absolute atomic E-state index is 10.8. The summed E-state index contributed by atoms with van der Waals surface area (Å²) < 4.78 is 1.81. The molecule has 5 heteroatoms. The molecule has 0 unspecified atom stereocenters. The van der Waals surface area contributed by atoms with Crippen LogP contribution in [0.5, 0.6) is 0 Å². The van der Waals surface area contributed by atoms with Crippen molar-refractivity contribution in [1.29, 1.82) is 0 Å². The lowest BCUT2D eigenvalue weighted by Crippen LogP contribution is -2.15. The predicted molar refractivity (Wildman–Crippen MR) is 55.7 cm³/mol. The summed E-state index contributed by atoms with van der Waals surface area (Å²) in [5, 5.41) is 8.82. The lowest BCUT2D eigenvalue weighted by atomic mass is 9.95. The van der Waals surface area contributed by atoms with Gasteiger partial charge < -0.3 is 15.4 Å². The van der Waals surface area contributed by atoms with Crippen molar-refractivity contribution >= 4 is 11.8 Å². The van der Waals surface area contributed by atoms with Crippen LogP contribution >= 0.6 is 0 Å². The number of rotatable bonds is 2. The highest BCUT2D eigenvalue weighted by molar-refractivity contribution is 5.90. The largest absolute Gasteiger partial charge is 0.476 e. The van der Waals surface area contributed by atoms with E-state index in [1.165, 1.54) is 19.3 Å². The van der Waals surface area contributed by atoms with E-state index < -0.39 is 5.97 Å². The third kappa shape index (κ3) is 1.82. The number of hydrogen-bond donors (Lipinski definition) is 2. The van der Waals surface area contributed by atoms with Crippen molar-refractivity contribution in [2.45, 2.75) is 38.1 Å². The molecule has 0 bridgehead atoms. The van der Waals surface area contributed by atoms with E-state index in [1.54, 1.807) is 6.33 Å². The first-order valence-corrected chi connectivity index (χ1v) is 5.25. The fourth-order valence-electron chi connectivity index (χ4n) is 2.19. The lowest BCUT2D eigenvalue weighted by Gasteiger charge is -2.23. The van der Waals surface area contributed by atoms with Gasteiger partial charge in [0, 0.05) is 6.04 Å². The third-order valence-corrected chi connectivity index (χ3v) is 3.00. The summed E-state index contributed by atoms with van der Waals surface area (Å²) in [6.07, 6.45) is 7.32. The van der Waals surface area contributed by atoms with Gasteiger partial charge in [-0.2, -0.15) is 0 Å². The zero-order valence-electron chi connectivity index (χ0n) is 8.52. The average Bonchev–Trinajstić information content (AvgIpc) is 2.61. The number of aromatic nitrogens is 2. The number of nitrogens with two attached hydrogens (primary N) is 1. The van der Waals surface area contributed by atoms with Crippen molar-refractivity contribution in [1.82, 2.24) is 9.55 Å². The standard InChI is InChI=1S/C10H15N3O2/c11-9-8(10(14)15)12-6-13(9)7-4-2-1-3-5-7/h6-7H,1-5,11H2,(H,14,15). The Hall–Kier alpha value is -1.52. The van der Waals surface area contributed by atoms with Crippen LogP contribution in [0.25, 0.3) is 0 Å². The molecule has 15 heavy (non-hydrogen) atoms. The molecule has 0 amide bonds. The van der Waals surface area contributed by atoms with Crippen molar-refractivity contribution in [3.05, 3.63) is 12.0 Å². The van der Waals surface area contributed by atoms with Crippen LogP contribution in [-0.2, 0) is 0 Å². The van der Waals surface area contributed by atoms with Crippen LogP contribution in [0.1, 0.15) is 48.6 Å². The zero-order chi connectivity index (χ0) is 10.8. The van der Waals surface area contributed by atoms with Crippen LogP contribution in [-0.4, -0.2) is 20.6 Å². The van der Waals surface area contributed by atoms with Gasteiger partial charge in [0.2, 0.25) is 0 Å². The molecule has 3 N–H and O–H groups in total. The van der Waals surface area contributed by atoms with Gasteiger partial charge in [0.1, 0.15) is 5.82 Å². The summed E-state index contributed by atoms with van der Waals surface area (Å²) in [6, 6.07) is 0.333. The van der Waals surface area contributed by atoms with Crippen molar-refractivity contribution in [3.8, 4) is 0 Å². The van der Waals surface area contributed by atoms with Gasteiger partial charge >= 0.3 is 5.97 Å². The Balaban J connectivity index is 2.24. The Bertz CT molecular complexity index is 367. The Morgan fingerprint density at radius 3 is 2.67 bits per heavy atom. The number of carbonyl (C=O) groups is 1. The van der Waals surface area contributed by atoms with Crippen molar-refractivity contribution in [2.75, 3.05) is 5.73 Å². The highest BCUT2D eigenvalue weighted by Crippen LogP contribution is 2.30. The minimum atomic E-state index is -1.05. The lowest BCUT2D eigenvalue weighted by molar-refractivity contribution is 0.0692. The minimum absolute atomic E-state index is 0.0272. The Kier molecular flexibility index (Phi) is 2.62. The molecule has 1 heterocycles. The molecule has 1 aliphatic rings. The number of nitrogen functional groups attached to an aromatic ring is 1. The highest BCUT2D eigenvalue weighted by Gasteiger charge is 2.21. The van der Waals surface area contributed by atoms with E-state index in [9.17, 15) is 4.79 Å². The van der Waals surface area contributed by atoms with Gasteiger partial charge in [0.15, 0.2) is 5.69 Å². The van der Waals surface area contributed by atoms with E-state index in [4.69, 9.17) is 10.8 Å². The summed E-state index contributed by atoms with van der Waals surface area (Å²) in [5.41, 5.74) is 5.73. The summed E-state index contributed by atoms with van der Waals surface area (Å²) in [5.74, 6) is -0.767. The SMILES string of the molecule is Nc1c(C(=O)O)ncn1C1CCCCC1. The van der Waals surface area contributed by atoms with E-state index in [0.29, 0.717) is 6.04 Å². The van der Waals surface area contributed by atoms with Gasteiger partial charge in [-0.05, 0) is 12.8 Å². The van der Waals surface area contributed by atoms with Gasteiger partial charge in [-0.15, -0.1) is 0 Å². The number of aromatic carboxylic acids is 1. The van der Waals surface area contributed by atoms with Gasteiger partial charge in [-0.3, -0.25) is 0 Å². The first-order valence-electron chi connectivity index (χ1n) is 5.25. The molecule has 0 aliphatic heterocycles. The maximum atomic E-state index is 10.8. The number of nitrogens with zero attached hydrogens (tertiary/aromatic N) is 2. The van der Waals surface area contributed by atoms with Gasteiger partial charge in [-0.1, -0.05) is 19.3 Å². The van der Waals surface area contributed by atoms with E-state index in [1.807, 2.05) is 4.57 Å². The highest BCUT2D eigenvalue weighted by atomic mass is 16.4. The summed E-state index contributed by atoms with van der Waals surface area (Å²) in [4.78, 5) is 14.6. The first-order chi connectivity index (χ1) is 7.20. The molecule has 1 aromatic heterocycles. The Morgan fingerprint density at radius 1 is 1.47 bits per heavy atom. The normalized spacial score (nSPS) is 17.9. The number of carboxylic acid groups (broad SMARTS) is 1. The number of carboxylic acids is 1. The van der Waals surface area contributed by atoms with Crippen molar-refractivity contribution < 1.29 is 9.90 Å². The Labute approximate surface area is 87.9 Å². The van der Waals surface area contributed by atoms with Gasteiger partial charge in [0.25, 0.3) is 0 Å². The molecule has 2 rings (SSSR count). The van der Waals surface area contributed by atoms with Crippen LogP contribution < -0.4 is 5.73 Å². The van der Waals surface area contributed by atoms with Crippen molar-refractivity contribution in [2.24, 2.45) is 0 Å². The summed E-state index contributed by atoms with van der Waals surface area (Å²) in [6.45, 7) is 0. The van der Waals surface area contributed by atoms with Crippen LogP contribution in [0.2, 0.25) is 0 Å². The topological polar surface area (TPSA) is 81.1 Å². The van der Waals surface area contributed by atoms with E-state index in [2.05, 4.69) is 4.98 Å². The van der Waals surface area contributed by atoms with E-state index in [-0.39, 0.29) is 11.5 Å². The summed E-state index contributed by atoms with van der Waals surface area (Å²) >= 11 is 0. The van der Waals surface area contributed by atoms with Crippen LogP contribution in [0, 0.1) is 0 Å². The molecular formula is C10H15N3O2. The minimum Gasteiger partial charge on any atom is -0.476 e. The van der Waals surface area contributed by atoms with E-state index in [0.717, 1.165) is 12.8 Å². The molecule has 0 aromatic carbocycles. The fraction of sp³-hybridized carbons (Fsp3) is 0.600. The molecular weight excluding hydrogens is 194 g/mol. The summed E-state index contributed by atoms with van der Waals surface area (Å²) in [7, 11) is 0. The molecule has 1 saturated carbocycles. The molecule has 1 aliphatic carbocycles. The quantitative estimate of drug-likeness (QED) is 0.776. The molecule has 0 atom stereocenters. The molecule has 5 nitrogen and oxygen atoms in total. The van der Waals surface area contributed by atoms with Gasteiger partial charge in [-0.25, -0.2) is 9.78 Å². The van der Waals surface area contributed by atoms with Crippen LogP contribution in [0.4, 0.5) is 5.82 Å². The molecule has 82 valence electrons. The number of hydrogen-bond acceptors (Lipinski definition) is 3.